The second-order valence-electron chi connectivity index (χ2n) is 7.52. The monoisotopic (exact) mass is 506 g/mol. The van der Waals surface area contributed by atoms with Crippen LogP contribution in [0.25, 0.3) is 0 Å². The number of hydrogen-bond acceptors (Lipinski definition) is 1. The molecule has 0 bridgehead atoms. The van der Waals surface area contributed by atoms with Crippen molar-refractivity contribution in [3.8, 4) is 0 Å². The summed E-state index contributed by atoms with van der Waals surface area (Å²) in [7, 11) is 13.5. The summed E-state index contributed by atoms with van der Waals surface area (Å²) in [6.07, 6.45) is 7.56. The zero-order chi connectivity index (χ0) is 14.5. The molecule has 0 aliphatic carbocycles. The molecule has 0 unspecified atom stereocenters. The highest BCUT2D eigenvalue weighted by Gasteiger charge is 2.10. The van der Waals surface area contributed by atoms with Gasteiger partial charge in [0.1, 0.15) is 5.82 Å². The first kappa shape index (κ1) is 27.4. The van der Waals surface area contributed by atoms with E-state index in [4.69, 9.17) is 0 Å². The van der Waals surface area contributed by atoms with Crippen LogP contribution < -0.4 is 34.0 Å². The van der Waals surface area contributed by atoms with Crippen LogP contribution in [0.4, 0.5) is 0 Å². The van der Waals surface area contributed by atoms with E-state index in [0.717, 1.165) is 21.9 Å². The van der Waals surface area contributed by atoms with E-state index in [1.54, 1.807) is 0 Å². The highest BCUT2D eigenvalue weighted by molar-refractivity contribution is 8.93. The van der Waals surface area contributed by atoms with Crippen LogP contribution >= 0.6 is 17.0 Å². The molecule has 0 aliphatic rings. The number of aromatic nitrogens is 2. The van der Waals surface area contributed by atoms with Gasteiger partial charge in [0.05, 0.1) is 55.4 Å². The maximum Gasteiger partial charge on any atom is 0.108 e. The van der Waals surface area contributed by atoms with E-state index in [1.807, 2.05) is 6.20 Å². The van der Waals surface area contributed by atoms with Gasteiger partial charge in [-0.15, -0.1) is 17.0 Å². The smallest absolute Gasteiger partial charge is 0.108 e. The van der Waals surface area contributed by atoms with Gasteiger partial charge >= 0.3 is 0 Å². The molecular weight excluding hydrogens is 476 g/mol. The number of aryl methyl sites for hydroxylation is 2. The Morgan fingerprint density at radius 1 is 0.909 bits per heavy atom. The minimum atomic E-state index is 0. The number of rotatable bonds is 8. The predicted molar refractivity (Wildman–Crippen MR) is 91.3 cm³/mol. The van der Waals surface area contributed by atoms with Gasteiger partial charge in [-0.2, -0.15) is 0 Å². The summed E-state index contributed by atoms with van der Waals surface area (Å²) in [6.45, 7) is 3.50. The molecule has 0 atom stereocenters. The Morgan fingerprint density at radius 3 is 1.91 bits per heavy atom. The molecule has 1 aromatic rings. The molecule has 7 heteroatoms. The van der Waals surface area contributed by atoms with Crippen LogP contribution in [0.2, 0.25) is 0 Å². The standard InChI is InChI=1S/C15H32N4.3BrH/c1-18(2,3)13-7-9-15-16-10-12-17(15)11-8-14-19(4,5)6;;;/h10,12H,7-9,11,13-14H2,1-6H3;3*1H/q+2;;;/p-2. The number of imidazole rings is 1. The fourth-order valence-electron chi connectivity index (χ4n) is 2.20. The van der Waals surface area contributed by atoms with E-state index in [0.29, 0.717) is 0 Å². The molecule has 1 heterocycles. The molecule has 0 aromatic carbocycles. The Balaban J connectivity index is -0.00000120. The molecule has 1 aromatic heterocycles. The number of nitrogens with zero attached hydrogens (tertiary/aromatic N) is 4. The molecule has 22 heavy (non-hydrogen) atoms. The molecule has 0 aliphatic heterocycles. The first-order valence-corrected chi connectivity index (χ1v) is 7.28. The van der Waals surface area contributed by atoms with Gasteiger partial charge in [-0.1, -0.05) is 0 Å². The van der Waals surface area contributed by atoms with Crippen LogP contribution in [0.1, 0.15) is 18.7 Å². The van der Waals surface area contributed by atoms with E-state index in [9.17, 15) is 0 Å². The topological polar surface area (TPSA) is 17.8 Å². The molecule has 0 fully saturated rings. The van der Waals surface area contributed by atoms with Crippen LogP contribution in [-0.2, 0) is 13.0 Å². The van der Waals surface area contributed by atoms with Gasteiger partial charge in [0, 0.05) is 38.2 Å². The maximum atomic E-state index is 4.50. The number of halogens is 3. The largest absolute Gasteiger partial charge is 1.00 e. The van der Waals surface area contributed by atoms with Crippen LogP contribution in [0.3, 0.4) is 0 Å². The molecule has 0 saturated heterocycles. The Labute approximate surface area is 168 Å². The summed E-state index contributed by atoms with van der Waals surface area (Å²) in [5.41, 5.74) is 0. The Kier molecular flexibility index (Phi) is 15.0. The second kappa shape index (κ2) is 12.0. The van der Waals surface area contributed by atoms with Crippen LogP contribution in [0, 0.1) is 0 Å². The summed E-state index contributed by atoms with van der Waals surface area (Å²) >= 11 is 0. The molecular formula is C15H33Br3N4. The van der Waals surface area contributed by atoms with E-state index < -0.39 is 0 Å². The fourth-order valence-corrected chi connectivity index (χ4v) is 2.20. The van der Waals surface area contributed by atoms with Crippen molar-refractivity contribution in [1.29, 1.82) is 0 Å². The Hall–Kier alpha value is 0.570. The van der Waals surface area contributed by atoms with Gasteiger partial charge in [-0.25, -0.2) is 4.98 Å². The summed E-state index contributed by atoms with van der Waals surface area (Å²) in [5.74, 6) is 1.25. The summed E-state index contributed by atoms with van der Waals surface area (Å²) < 4.78 is 4.39. The molecule has 0 spiro atoms. The van der Waals surface area contributed by atoms with Crippen LogP contribution in [0.5, 0.6) is 0 Å². The number of quaternary nitrogens is 2. The quantitative estimate of drug-likeness (QED) is 0.329. The molecule has 134 valence electrons. The Morgan fingerprint density at radius 2 is 1.41 bits per heavy atom. The van der Waals surface area contributed by atoms with Crippen molar-refractivity contribution in [2.45, 2.75) is 25.8 Å². The van der Waals surface area contributed by atoms with E-state index >= 15 is 0 Å². The van der Waals surface area contributed by atoms with Crippen LogP contribution in [-0.4, -0.2) is 73.9 Å². The second-order valence-corrected chi connectivity index (χ2v) is 7.52. The summed E-state index contributed by atoms with van der Waals surface area (Å²) in [6, 6.07) is 0. The van der Waals surface area contributed by atoms with Crippen molar-refractivity contribution < 1.29 is 42.9 Å². The first-order valence-electron chi connectivity index (χ1n) is 7.28. The Bertz CT molecular complexity index is 346. The molecule has 0 saturated carbocycles. The molecule has 0 amide bonds. The van der Waals surface area contributed by atoms with Crippen molar-refractivity contribution in [2.75, 3.05) is 55.4 Å². The van der Waals surface area contributed by atoms with Gasteiger partial charge in [0.15, 0.2) is 0 Å². The first-order chi connectivity index (χ1) is 8.67. The van der Waals surface area contributed by atoms with Gasteiger partial charge in [0.25, 0.3) is 0 Å². The maximum absolute atomic E-state index is 4.50. The fraction of sp³-hybridized carbons (Fsp3) is 0.800. The van der Waals surface area contributed by atoms with Crippen molar-refractivity contribution in [3.63, 3.8) is 0 Å². The third kappa shape index (κ3) is 13.0. The zero-order valence-electron chi connectivity index (χ0n) is 14.9. The third-order valence-electron chi connectivity index (χ3n) is 3.26. The predicted octanol–water partition coefficient (Wildman–Crippen LogP) is -3.80. The average Bonchev–Trinajstić information content (AvgIpc) is 2.62. The lowest BCUT2D eigenvalue weighted by Gasteiger charge is -2.24. The highest BCUT2D eigenvalue weighted by Crippen LogP contribution is 2.06. The zero-order valence-corrected chi connectivity index (χ0v) is 19.7. The minimum Gasteiger partial charge on any atom is -1.00 e. The van der Waals surface area contributed by atoms with Crippen molar-refractivity contribution in [1.82, 2.24) is 9.55 Å². The van der Waals surface area contributed by atoms with Crippen LogP contribution in [0.15, 0.2) is 12.4 Å². The van der Waals surface area contributed by atoms with Gasteiger partial charge in [-0.05, 0) is 0 Å². The van der Waals surface area contributed by atoms with Crippen molar-refractivity contribution >= 4 is 17.0 Å². The average molecular weight is 509 g/mol. The van der Waals surface area contributed by atoms with E-state index in [-0.39, 0.29) is 50.9 Å². The third-order valence-corrected chi connectivity index (χ3v) is 3.26. The van der Waals surface area contributed by atoms with Gasteiger partial charge in [-0.3, -0.25) is 0 Å². The van der Waals surface area contributed by atoms with Gasteiger partial charge in [0.2, 0.25) is 0 Å². The normalized spacial score (nSPS) is 11.2. The SMILES string of the molecule is Br.C[N+](C)(C)CCCc1nccn1CCC[N+](C)(C)C.[Br-].[Br-]. The lowest BCUT2D eigenvalue weighted by Crippen LogP contribution is -3.00. The van der Waals surface area contributed by atoms with Crippen molar-refractivity contribution in [3.05, 3.63) is 18.2 Å². The number of hydrogen-bond donors (Lipinski definition) is 0. The summed E-state index contributed by atoms with van der Waals surface area (Å²) in [4.78, 5) is 4.50. The summed E-state index contributed by atoms with van der Waals surface area (Å²) in [5, 5.41) is 0. The minimum absolute atomic E-state index is 0. The van der Waals surface area contributed by atoms with Gasteiger partial charge < -0.3 is 47.5 Å². The lowest BCUT2D eigenvalue weighted by atomic mass is 10.2. The van der Waals surface area contributed by atoms with Crippen molar-refractivity contribution in [2.24, 2.45) is 0 Å². The highest BCUT2D eigenvalue weighted by atomic mass is 79.9. The van der Waals surface area contributed by atoms with E-state index in [2.05, 4.69) is 58.0 Å². The molecule has 1 rings (SSSR count). The lowest BCUT2D eigenvalue weighted by molar-refractivity contribution is -0.870. The molecule has 0 radical (unpaired) electrons. The molecule has 0 N–H and O–H groups in total. The molecule has 4 nitrogen and oxygen atoms in total. The van der Waals surface area contributed by atoms with E-state index in [1.165, 1.54) is 31.8 Å².